The van der Waals surface area contributed by atoms with E-state index in [1.165, 1.54) is 0 Å². The Hall–Kier alpha value is -1.40. The molecule has 2 unspecified atom stereocenters. The number of hydrogen-bond donors (Lipinski definition) is 0. The molecule has 2 heterocycles. The molecule has 2 aliphatic heterocycles. The maximum Gasteiger partial charge on any atom is 0.345 e. The van der Waals surface area contributed by atoms with E-state index in [0.29, 0.717) is 13.2 Å². The minimum Gasteiger partial charge on any atom is -0.459 e. The van der Waals surface area contributed by atoms with E-state index >= 15 is 0 Å². The number of esters is 2. The second-order valence-corrected chi connectivity index (χ2v) is 3.59. The molecular formula is C10H12O6. The van der Waals surface area contributed by atoms with Crippen LogP contribution in [0, 0.1) is 0 Å². The van der Waals surface area contributed by atoms with E-state index in [2.05, 4.69) is 6.58 Å². The highest BCUT2D eigenvalue weighted by molar-refractivity contribution is 6.13. The first-order chi connectivity index (χ1) is 7.66. The van der Waals surface area contributed by atoms with Crippen LogP contribution in [0.3, 0.4) is 0 Å². The van der Waals surface area contributed by atoms with E-state index in [1.807, 2.05) is 0 Å². The molecule has 0 amide bonds. The van der Waals surface area contributed by atoms with Crippen LogP contribution in [0.2, 0.25) is 0 Å². The molecule has 0 radical (unpaired) electrons. The van der Waals surface area contributed by atoms with Crippen molar-refractivity contribution in [3.8, 4) is 0 Å². The minimum absolute atomic E-state index is 0.0346. The number of hydrogen-bond acceptors (Lipinski definition) is 6. The summed E-state index contributed by atoms with van der Waals surface area (Å²) in [5.74, 6) is -1.53. The quantitative estimate of drug-likeness (QED) is 0.199. The molecule has 0 aromatic heterocycles. The molecule has 2 atom stereocenters. The van der Waals surface area contributed by atoms with E-state index in [-0.39, 0.29) is 31.0 Å². The van der Waals surface area contributed by atoms with Gasteiger partial charge in [-0.15, -0.1) is 0 Å². The summed E-state index contributed by atoms with van der Waals surface area (Å²) < 4.78 is 19.2. The van der Waals surface area contributed by atoms with Crippen molar-refractivity contribution >= 4 is 11.9 Å². The zero-order valence-electron chi connectivity index (χ0n) is 8.64. The normalized spacial score (nSPS) is 25.8. The summed E-state index contributed by atoms with van der Waals surface area (Å²) in [6.07, 6.45) is -0.0692. The molecule has 6 nitrogen and oxygen atoms in total. The molecule has 0 N–H and O–H groups in total. The molecule has 0 aromatic rings. The van der Waals surface area contributed by atoms with Crippen LogP contribution in [-0.2, 0) is 28.5 Å². The summed E-state index contributed by atoms with van der Waals surface area (Å²) in [7, 11) is 0. The number of rotatable bonds is 6. The predicted octanol–water partition coefficient (Wildman–Crippen LogP) is -0.573. The van der Waals surface area contributed by atoms with Crippen LogP contribution in [0.5, 0.6) is 0 Å². The Morgan fingerprint density at radius 2 is 1.44 bits per heavy atom. The average molecular weight is 228 g/mol. The van der Waals surface area contributed by atoms with E-state index in [9.17, 15) is 9.59 Å². The van der Waals surface area contributed by atoms with Gasteiger partial charge in [0.15, 0.2) is 0 Å². The summed E-state index contributed by atoms with van der Waals surface area (Å²) >= 11 is 0. The lowest BCUT2D eigenvalue weighted by Gasteiger charge is -2.05. The molecule has 0 spiro atoms. The number of carbonyl (C=O) groups excluding carboxylic acids is 2. The van der Waals surface area contributed by atoms with Crippen LogP contribution < -0.4 is 0 Å². The Labute approximate surface area is 92.1 Å². The van der Waals surface area contributed by atoms with Gasteiger partial charge in [0.2, 0.25) is 0 Å². The van der Waals surface area contributed by atoms with Crippen molar-refractivity contribution in [1.29, 1.82) is 0 Å². The number of carbonyl (C=O) groups is 2. The van der Waals surface area contributed by atoms with Crippen LogP contribution in [0.15, 0.2) is 12.2 Å². The zero-order chi connectivity index (χ0) is 11.5. The molecule has 0 saturated carbocycles. The Kier molecular flexibility index (Phi) is 3.21. The fourth-order valence-electron chi connectivity index (χ4n) is 0.923. The van der Waals surface area contributed by atoms with Crippen LogP contribution in [0.4, 0.5) is 0 Å². The lowest BCUT2D eigenvalue weighted by molar-refractivity contribution is -0.147. The first kappa shape index (κ1) is 11.1. The molecule has 0 aliphatic carbocycles. The second kappa shape index (κ2) is 4.63. The summed E-state index contributed by atoms with van der Waals surface area (Å²) in [6, 6.07) is 0. The fourth-order valence-corrected chi connectivity index (χ4v) is 0.923. The van der Waals surface area contributed by atoms with Crippen molar-refractivity contribution in [2.45, 2.75) is 12.2 Å². The van der Waals surface area contributed by atoms with Crippen molar-refractivity contribution in [3.63, 3.8) is 0 Å². The van der Waals surface area contributed by atoms with Gasteiger partial charge in [0.1, 0.15) is 31.0 Å². The highest BCUT2D eigenvalue weighted by atomic mass is 16.6. The van der Waals surface area contributed by atoms with Gasteiger partial charge in [0.05, 0.1) is 13.2 Å². The van der Waals surface area contributed by atoms with Gasteiger partial charge in [0, 0.05) is 0 Å². The third-order valence-corrected chi connectivity index (χ3v) is 2.10. The van der Waals surface area contributed by atoms with E-state index in [1.54, 1.807) is 0 Å². The molecule has 88 valence electrons. The van der Waals surface area contributed by atoms with Gasteiger partial charge in [0.25, 0.3) is 0 Å². The number of ether oxygens (including phenoxy) is 4. The zero-order valence-corrected chi connectivity index (χ0v) is 8.64. The summed E-state index contributed by atoms with van der Waals surface area (Å²) in [5, 5.41) is 0. The summed E-state index contributed by atoms with van der Waals surface area (Å²) in [6.45, 7) is 4.79. The van der Waals surface area contributed by atoms with Gasteiger partial charge in [-0.3, -0.25) is 0 Å². The molecular weight excluding hydrogens is 216 g/mol. The van der Waals surface area contributed by atoms with Crippen molar-refractivity contribution in [2.24, 2.45) is 0 Å². The van der Waals surface area contributed by atoms with Crippen molar-refractivity contribution in [2.75, 3.05) is 26.4 Å². The topological polar surface area (TPSA) is 77.7 Å². The maximum atomic E-state index is 11.3. The van der Waals surface area contributed by atoms with Gasteiger partial charge >= 0.3 is 11.9 Å². The lowest BCUT2D eigenvalue weighted by atomic mass is 10.3. The van der Waals surface area contributed by atoms with Gasteiger partial charge in [-0.1, -0.05) is 6.58 Å². The van der Waals surface area contributed by atoms with Gasteiger partial charge < -0.3 is 18.9 Å². The largest absolute Gasteiger partial charge is 0.459 e. The second-order valence-electron chi connectivity index (χ2n) is 3.59. The Bertz CT molecular complexity index is 285. The van der Waals surface area contributed by atoms with Gasteiger partial charge in [-0.05, 0) is 0 Å². The van der Waals surface area contributed by atoms with Gasteiger partial charge in [-0.2, -0.15) is 0 Å². The predicted molar refractivity (Wildman–Crippen MR) is 50.5 cm³/mol. The maximum absolute atomic E-state index is 11.3. The third-order valence-electron chi connectivity index (χ3n) is 2.10. The first-order valence-electron chi connectivity index (χ1n) is 4.93. The molecule has 16 heavy (non-hydrogen) atoms. The Morgan fingerprint density at radius 3 is 1.75 bits per heavy atom. The SMILES string of the molecule is C=C(C(=O)OCC1CO1)C(=O)OCC1CO1. The number of epoxide rings is 2. The monoisotopic (exact) mass is 228 g/mol. The van der Waals surface area contributed by atoms with Gasteiger partial charge in [-0.25, -0.2) is 9.59 Å². The molecule has 2 aliphatic rings. The average Bonchev–Trinajstić information content (AvgIpc) is 3.15. The highest BCUT2D eigenvalue weighted by Crippen LogP contribution is 2.12. The fraction of sp³-hybridized carbons (Fsp3) is 0.600. The van der Waals surface area contributed by atoms with Crippen molar-refractivity contribution in [1.82, 2.24) is 0 Å². The molecule has 0 bridgehead atoms. The lowest BCUT2D eigenvalue weighted by Crippen LogP contribution is -2.20. The van der Waals surface area contributed by atoms with E-state index in [4.69, 9.17) is 18.9 Å². The standard InChI is InChI=1S/C10H12O6/c1-6(9(11)15-4-7-2-13-7)10(12)16-5-8-3-14-8/h7-8H,1-5H2. The molecule has 0 aromatic carbocycles. The smallest absolute Gasteiger partial charge is 0.345 e. The molecule has 2 saturated heterocycles. The van der Waals surface area contributed by atoms with E-state index in [0.717, 1.165) is 0 Å². The Morgan fingerprint density at radius 1 is 1.06 bits per heavy atom. The summed E-state index contributed by atoms with van der Waals surface area (Å²) in [5.41, 5.74) is -0.304. The molecule has 2 fully saturated rings. The Balaban J connectivity index is 1.66. The van der Waals surface area contributed by atoms with Crippen molar-refractivity contribution < 1.29 is 28.5 Å². The van der Waals surface area contributed by atoms with Crippen LogP contribution in [-0.4, -0.2) is 50.6 Å². The summed E-state index contributed by atoms with van der Waals surface area (Å²) in [4.78, 5) is 22.5. The van der Waals surface area contributed by atoms with E-state index < -0.39 is 11.9 Å². The van der Waals surface area contributed by atoms with Crippen LogP contribution in [0.1, 0.15) is 0 Å². The van der Waals surface area contributed by atoms with Crippen molar-refractivity contribution in [3.05, 3.63) is 12.2 Å². The van der Waals surface area contributed by atoms with Crippen LogP contribution in [0.25, 0.3) is 0 Å². The molecule has 6 heteroatoms. The van der Waals surface area contributed by atoms with Crippen LogP contribution >= 0.6 is 0 Å². The molecule has 2 rings (SSSR count). The third kappa shape index (κ3) is 3.32. The minimum atomic E-state index is -0.766. The highest BCUT2D eigenvalue weighted by Gasteiger charge is 2.28. The first-order valence-corrected chi connectivity index (χ1v) is 4.93.